The summed E-state index contributed by atoms with van der Waals surface area (Å²) in [5.41, 5.74) is -3.31. The fourth-order valence-electron chi connectivity index (χ4n) is 2.00. The maximum absolute atomic E-state index is 12.6. The van der Waals surface area contributed by atoms with Crippen molar-refractivity contribution >= 4 is 15.9 Å². The van der Waals surface area contributed by atoms with Gasteiger partial charge < -0.3 is 4.98 Å². The van der Waals surface area contributed by atoms with Crippen molar-refractivity contribution in [1.82, 2.24) is 9.55 Å². The van der Waals surface area contributed by atoms with Gasteiger partial charge in [0.15, 0.2) is 0 Å². The molecule has 1 aromatic rings. The molecule has 21 heavy (non-hydrogen) atoms. The van der Waals surface area contributed by atoms with Crippen LogP contribution in [0.15, 0.2) is 14.1 Å². The van der Waals surface area contributed by atoms with Gasteiger partial charge in [0.05, 0.1) is 0 Å². The predicted octanol–water partition coefficient (Wildman–Crippen LogP) is 3.68. The van der Waals surface area contributed by atoms with Gasteiger partial charge in [0.1, 0.15) is 10.2 Å². The van der Waals surface area contributed by atoms with Crippen molar-refractivity contribution in [1.29, 1.82) is 0 Å². The first-order valence-corrected chi connectivity index (χ1v) is 7.68. The number of aromatic amines is 1. The Labute approximate surface area is 128 Å². The molecule has 0 fully saturated rings. The summed E-state index contributed by atoms with van der Waals surface area (Å²) in [6, 6.07) is 0. The van der Waals surface area contributed by atoms with E-state index < -0.39 is 27.6 Å². The molecule has 1 N–H and O–H groups in total. The highest BCUT2D eigenvalue weighted by Gasteiger charge is 2.36. The second kappa shape index (κ2) is 7.82. The van der Waals surface area contributed by atoms with Crippen molar-refractivity contribution in [2.75, 3.05) is 0 Å². The maximum Gasteiger partial charge on any atom is 0.432 e. The lowest BCUT2D eigenvalue weighted by Gasteiger charge is -2.11. The molecular weight excluding hydrogens is 353 g/mol. The van der Waals surface area contributed by atoms with E-state index in [0.29, 0.717) is 6.42 Å². The van der Waals surface area contributed by atoms with Crippen molar-refractivity contribution in [3.05, 3.63) is 31.0 Å². The predicted molar refractivity (Wildman–Crippen MR) is 77.4 cm³/mol. The first-order chi connectivity index (χ1) is 9.79. The smallest absolute Gasteiger partial charge is 0.302 e. The summed E-state index contributed by atoms with van der Waals surface area (Å²) >= 11 is 2.62. The van der Waals surface area contributed by atoms with E-state index >= 15 is 0 Å². The van der Waals surface area contributed by atoms with Crippen molar-refractivity contribution in [2.45, 2.75) is 58.2 Å². The first kappa shape index (κ1) is 18.0. The minimum absolute atomic E-state index is 0.122. The molecule has 8 heteroatoms. The van der Waals surface area contributed by atoms with Crippen LogP contribution in [0.3, 0.4) is 0 Å². The molecule has 120 valence electrons. The Morgan fingerprint density at radius 2 is 1.67 bits per heavy atom. The molecule has 0 atom stereocenters. The second-order valence-electron chi connectivity index (χ2n) is 4.84. The zero-order valence-electron chi connectivity index (χ0n) is 11.7. The molecule has 0 aliphatic rings. The molecule has 1 heterocycles. The quantitative estimate of drug-likeness (QED) is 0.744. The molecule has 4 nitrogen and oxygen atoms in total. The number of rotatable bonds is 7. The lowest BCUT2D eigenvalue weighted by atomic mass is 10.1. The number of hydrogen-bond donors (Lipinski definition) is 1. The third-order valence-electron chi connectivity index (χ3n) is 3.15. The highest BCUT2D eigenvalue weighted by atomic mass is 79.9. The van der Waals surface area contributed by atoms with E-state index in [4.69, 9.17) is 0 Å². The highest BCUT2D eigenvalue weighted by molar-refractivity contribution is 9.10. The van der Waals surface area contributed by atoms with Crippen LogP contribution in [0.2, 0.25) is 0 Å². The molecule has 0 spiro atoms. The Balaban J connectivity index is 2.79. The molecule has 1 rings (SSSR count). The van der Waals surface area contributed by atoms with Gasteiger partial charge >= 0.3 is 11.9 Å². The molecular formula is C13H18BrF3N2O2. The molecule has 0 saturated carbocycles. The standard InChI is InChI=1S/C13H18BrF3N2O2/c1-2-3-4-5-6-7-8-19-11(20)9(14)10(13(15,16)17)18-12(19)21/h2-8H2,1H3,(H,18,21). The van der Waals surface area contributed by atoms with E-state index in [1.165, 1.54) is 0 Å². The van der Waals surface area contributed by atoms with Crippen molar-refractivity contribution < 1.29 is 13.2 Å². The maximum atomic E-state index is 12.6. The Hall–Kier alpha value is -1.05. The summed E-state index contributed by atoms with van der Waals surface area (Å²) in [6.07, 6.45) is 0.976. The topological polar surface area (TPSA) is 54.9 Å². The van der Waals surface area contributed by atoms with Gasteiger partial charge in [0, 0.05) is 6.54 Å². The minimum atomic E-state index is -4.77. The van der Waals surface area contributed by atoms with Crippen LogP contribution < -0.4 is 11.2 Å². The van der Waals surface area contributed by atoms with E-state index in [9.17, 15) is 22.8 Å². The lowest BCUT2D eigenvalue weighted by Crippen LogP contribution is -2.38. The summed E-state index contributed by atoms with van der Waals surface area (Å²) in [7, 11) is 0. The van der Waals surface area contributed by atoms with Crippen LogP contribution >= 0.6 is 15.9 Å². The van der Waals surface area contributed by atoms with E-state index in [0.717, 1.165) is 36.7 Å². The van der Waals surface area contributed by atoms with Gasteiger partial charge in [-0.15, -0.1) is 0 Å². The Morgan fingerprint density at radius 3 is 2.24 bits per heavy atom. The molecule has 0 bridgehead atoms. The zero-order valence-corrected chi connectivity index (χ0v) is 13.3. The average Bonchev–Trinajstić information content (AvgIpc) is 2.40. The fraction of sp³-hybridized carbons (Fsp3) is 0.692. The van der Waals surface area contributed by atoms with Crippen molar-refractivity contribution in [3.63, 3.8) is 0 Å². The van der Waals surface area contributed by atoms with Crippen LogP contribution in [0.1, 0.15) is 51.1 Å². The van der Waals surface area contributed by atoms with Gasteiger partial charge in [-0.2, -0.15) is 13.2 Å². The number of aromatic nitrogens is 2. The van der Waals surface area contributed by atoms with Crippen LogP contribution in [-0.2, 0) is 12.7 Å². The second-order valence-corrected chi connectivity index (χ2v) is 5.63. The third kappa shape index (κ3) is 5.01. The van der Waals surface area contributed by atoms with Gasteiger partial charge in [0.25, 0.3) is 5.56 Å². The SMILES string of the molecule is CCCCCCCCn1c(=O)[nH]c(C(F)(F)F)c(Br)c1=O. The number of H-pyrrole nitrogens is 1. The monoisotopic (exact) mass is 370 g/mol. The van der Waals surface area contributed by atoms with Gasteiger partial charge in [-0.1, -0.05) is 39.0 Å². The number of hydrogen-bond acceptors (Lipinski definition) is 2. The average molecular weight is 371 g/mol. The normalized spacial score (nSPS) is 11.9. The molecule has 0 aromatic carbocycles. The van der Waals surface area contributed by atoms with Crippen LogP contribution in [-0.4, -0.2) is 9.55 Å². The number of unbranched alkanes of at least 4 members (excludes halogenated alkanes) is 5. The number of nitrogens with one attached hydrogen (secondary N) is 1. The van der Waals surface area contributed by atoms with Crippen LogP contribution in [0.5, 0.6) is 0 Å². The highest BCUT2D eigenvalue weighted by Crippen LogP contribution is 2.30. The Morgan fingerprint density at radius 1 is 1.10 bits per heavy atom. The van der Waals surface area contributed by atoms with Crippen LogP contribution in [0.4, 0.5) is 13.2 Å². The van der Waals surface area contributed by atoms with Gasteiger partial charge in [-0.3, -0.25) is 9.36 Å². The van der Waals surface area contributed by atoms with Gasteiger partial charge in [0.2, 0.25) is 0 Å². The zero-order chi connectivity index (χ0) is 16.0. The lowest BCUT2D eigenvalue weighted by molar-refractivity contribution is -0.142. The summed E-state index contributed by atoms with van der Waals surface area (Å²) in [4.78, 5) is 25.2. The summed E-state index contributed by atoms with van der Waals surface area (Å²) in [6.45, 7) is 2.22. The summed E-state index contributed by atoms with van der Waals surface area (Å²) in [5.74, 6) is 0. The molecule has 0 aliphatic carbocycles. The largest absolute Gasteiger partial charge is 0.432 e. The molecule has 0 aliphatic heterocycles. The molecule has 0 unspecified atom stereocenters. The van der Waals surface area contributed by atoms with E-state index in [1.807, 2.05) is 0 Å². The van der Waals surface area contributed by atoms with Gasteiger partial charge in [-0.05, 0) is 22.4 Å². The number of alkyl halides is 3. The summed E-state index contributed by atoms with van der Waals surface area (Å²) < 4.78 is 38.0. The summed E-state index contributed by atoms with van der Waals surface area (Å²) in [5, 5.41) is 0. The van der Waals surface area contributed by atoms with E-state index in [1.54, 1.807) is 4.98 Å². The van der Waals surface area contributed by atoms with Gasteiger partial charge in [-0.25, -0.2) is 4.79 Å². The Bertz CT molecular complexity index is 578. The Kier molecular flexibility index (Phi) is 6.70. The fourth-order valence-corrected chi connectivity index (χ4v) is 2.53. The van der Waals surface area contributed by atoms with Crippen molar-refractivity contribution in [3.8, 4) is 0 Å². The van der Waals surface area contributed by atoms with E-state index in [-0.39, 0.29) is 6.54 Å². The number of halogens is 4. The molecule has 0 saturated heterocycles. The third-order valence-corrected chi connectivity index (χ3v) is 3.88. The van der Waals surface area contributed by atoms with Crippen molar-refractivity contribution in [2.24, 2.45) is 0 Å². The van der Waals surface area contributed by atoms with E-state index in [2.05, 4.69) is 22.9 Å². The number of nitrogens with zero attached hydrogens (tertiary/aromatic N) is 1. The first-order valence-electron chi connectivity index (χ1n) is 6.88. The van der Waals surface area contributed by atoms with Crippen LogP contribution in [0, 0.1) is 0 Å². The molecule has 1 aromatic heterocycles. The molecule has 0 amide bonds. The van der Waals surface area contributed by atoms with Crippen LogP contribution in [0.25, 0.3) is 0 Å². The molecule has 0 radical (unpaired) electrons. The minimum Gasteiger partial charge on any atom is -0.302 e.